The van der Waals surface area contributed by atoms with E-state index in [0.29, 0.717) is 18.9 Å². The zero-order valence-corrected chi connectivity index (χ0v) is 11.3. The average Bonchev–Trinajstić information content (AvgIpc) is 3.11. The first-order valence-corrected chi connectivity index (χ1v) is 7.91. The van der Waals surface area contributed by atoms with Crippen LogP contribution in [-0.2, 0) is 14.8 Å². The molecule has 2 atom stereocenters. The molecule has 1 saturated heterocycles. The second-order valence-corrected chi connectivity index (χ2v) is 6.72. The minimum absolute atomic E-state index is 0.000267. The standard InChI is InChI=1S/C12H17N3O3S/c13-9-2-1-6-14-12(9)19(16,17)15-10-5-7-18-11(10)8-3-4-8/h1-2,6,8,10-11,15H,3-5,7,13H2. The molecular formula is C12H17N3O3S. The highest BCUT2D eigenvalue weighted by Crippen LogP contribution is 2.39. The van der Waals surface area contributed by atoms with E-state index in [4.69, 9.17) is 10.5 Å². The second kappa shape index (κ2) is 4.73. The lowest BCUT2D eigenvalue weighted by Crippen LogP contribution is -2.41. The second-order valence-electron chi connectivity index (χ2n) is 5.09. The number of hydrogen-bond donors (Lipinski definition) is 2. The first-order valence-electron chi connectivity index (χ1n) is 6.42. The van der Waals surface area contributed by atoms with Crippen LogP contribution in [0.2, 0.25) is 0 Å². The number of nitrogens with zero attached hydrogens (tertiary/aromatic N) is 1. The molecule has 1 aliphatic heterocycles. The van der Waals surface area contributed by atoms with E-state index in [9.17, 15) is 8.42 Å². The van der Waals surface area contributed by atoms with Gasteiger partial charge in [-0.3, -0.25) is 0 Å². The van der Waals surface area contributed by atoms with Gasteiger partial charge in [-0.25, -0.2) is 18.1 Å². The Hall–Kier alpha value is -1.18. The van der Waals surface area contributed by atoms with Crippen molar-refractivity contribution in [2.24, 2.45) is 5.92 Å². The molecule has 0 amide bonds. The maximum atomic E-state index is 12.3. The van der Waals surface area contributed by atoms with Crippen LogP contribution in [0.15, 0.2) is 23.4 Å². The van der Waals surface area contributed by atoms with E-state index in [1.54, 1.807) is 6.07 Å². The van der Waals surface area contributed by atoms with Gasteiger partial charge in [0.1, 0.15) is 0 Å². The molecule has 19 heavy (non-hydrogen) atoms. The summed E-state index contributed by atoms with van der Waals surface area (Å²) < 4.78 is 32.9. The fraction of sp³-hybridized carbons (Fsp3) is 0.583. The van der Waals surface area contributed by atoms with Crippen molar-refractivity contribution in [3.63, 3.8) is 0 Å². The fourth-order valence-corrected chi connectivity index (χ4v) is 3.85. The molecule has 104 valence electrons. The highest BCUT2D eigenvalue weighted by atomic mass is 32.2. The maximum Gasteiger partial charge on any atom is 0.260 e. The lowest BCUT2D eigenvalue weighted by molar-refractivity contribution is 0.0848. The third kappa shape index (κ3) is 2.58. The van der Waals surface area contributed by atoms with E-state index in [1.807, 2.05) is 0 Å². The van der Waals surface area contributed by atoms with Gasteiger partial charge in [0.25, 0.3) is 10.0 Å². The number of rotatable bonds is 4. The maximum absolute atomic E-state index is 12.3. The molecule has 6 nitrogen and oxygen atoms in total. The normalized spacial score (nSPS) is 27.6. The van der Waals surface area contributed by atoms with Gasteiger partial charge in [-0.05, 0) is 37.3 Å². The molecule has 0 bridgehead atoms. The number of hydrogen-bond acceptors (Lipinski definition) is 5. The van der Waals surface area contributed by atoms with Gasteiger partial charge >= 0.3 is 0 Å². The summed E-state index contributed by atoms with van der Waals surface area (Å²) in [5, 5.41) is -0.101. The number of aromatic nitrogens is 1. The summed E-state index contributed by atoms with van der Waals surface area (Å²) >= 11 is 0. The van der Waals surface area contributed by atoms with E-state index in [-0.39, 0.29) is 22.9 Å². The summed E-state index contributed by atoms with van der Waals surface area (Å²) in [7, 11) is -3.68. The molecular weight excluding hydrogens is 266 g/mol. The van der Waals surface area contributed by atoms with E-state index in [1.165, 1.54) is 12.3 Å². The van der Waals surface area contributed by atoms with Crippen LogP contribution >= 0.6 is 0 Å². The predicted octanol–water partition coefficient (Wildman–Crippen LogP) is 0.510. The third-order valence-corrected chi connectivity index (χ3v) is 5.05. The van der Waals surface area contributed by atoms with Gasteiger partial charge in [0.05, 0.1) is 17.8 Å². The predicted molar refractivity (Wildman–Crippen MR) is 69.8 cm³/mol. The van der Waals surface area contributed by atoms with Gasteiger partial charge < -0.3 is 10.5 Å². The smallest absolute Gasteiger partial charge is 0.260 e. The number of ether oxygens (including phenoxy) is 1. The summed E-state index contributed by atoms with van der Waals surface area (Å²) in [6, 6.07) is 2.98. The van der Waals surface area contributed by atoms with Gasteiger partial charge in [-0.15, -0.1) is 0 Å². The van der Waals surface area contributed by atoms with Gasteiger partial charge in [0.2, 0.25) is 0 Å². The monoisotopic (exact) mass is 283 g/mol. The fourth-order valence-electron chi connectivity index (χ4n) is 2.51. The molecule has 1 saturated carbocycles. The van der Waals surface area contributed by atoms with E-state index >= 15 is 0 Å². The Kier molecular flexibility index (Phi) is 3.20. The summed E-state index contributed by atoms with van der Waals surface area (Å²) in [5.74, 6) is 0.497. The van der Waals surface area contributed by atoms with Crippen molar-refractivity contribution < 1.29 is 13.2 Å². The van der Waals surface area contributed by atoms with E-state index in [2.05, 4.69) is 9.71 Å². The van der Waals surface area contributed by atoms with Crippen LogP contribution in [0, 0.1) is 5.92 Å². The molecule has 3 rings (SSSR count). The average molecular weight is 283 g/mol. The quantitative estimate of drug-likeness (QED) is 0.839. The number of pyridine rings is 1. The first kappa shape index (κ1) is 12.8. The van der Waals surface area contributed by atoms with Crippen molar-refractivity contribution in [2.75, 3.05) is 12.3 Å². The van der Waals surface area contributed by atoms with Crippen LogP contribution in [-0.4, -0.2) is 32.2 Å². The SMILES string of the molecule is Nc1cccnc1S(=O)(=O)NC1CCOC1C1CC1. The van der Waals surface area contributed by atoms with Gasteiger partial charge in [-0.1, -0.05) is 0 Å². The number of nitrogens with one attached hydrogen (secondary N) is 1. The lowest BCUT2D eigenvalue weighted by Gasteiger charge is -2.19. The highest BCUT2D eigenvalue weighted by Gasteiger charge is 2.42. The van der Waals surface area contributed by atoms with Crippen molar-refractivity contribution >= 4 is 15.7 Å². The van der Waals surface area contributed by atoms with Crippen molar-refractivity contribution in [2.45, 2.75) is 36.4 Å². The molecule has 1 aromatic heterocycles. The van der Waals surface area contributed by atoms with Crippen LogP contribution in [0.4, 0.5) is 5.69 Å². The number of anilines is 1. The molecule has 0 radical (unpaired) electrons. The highest BCUT2D eigenvalue weighted by molar-refractivity contribution is 7.89. The van der Waals surface area contributed by atoms with Gasteiger partial charge in [0.15, 0.2) is 5.03 Å². The molecule has 2 fully saturated rings. The van der Waals surface area contributed by atoms with Crippen LogP contribution in [0.25, 0.3) is 0 Å². The van der Waals surface area contributed by atoms with Crippen molar-refractivity contribution in [3.05, 3.63) is 18.3 Å². The zero-order valence-electron chi connectivity index (χ0n) is 10.5. The molecule has 2 unspecified atom stereocenters. The van der Waals surface area contributed by atoms with Gasteiger partial charge in [0, 0.05) is 12.8 Å². The summed E-state index contributed by atoms with van der Waals surface area (Å²) in [6.45, 7) is 0.603. The van der Waals surface area contributed by atoms with Crippen LogP contribution in [0.5, 0.6) is 0 Å². The first-order chi connectivity index (χ1) is 9.08. The molecule has 3 N–H and O–H groups in total. The van der Waals surface area contributed by atoms with Crippen molar-refractivity contribution in [1.82, 2.24) is 9.71 Å². The Labute approximate surface area is 112 Å². The number of nitrogens with two attached hydrogens (primary N) is 1. The van der Waals surface area contributed by atoms with E-state index in [0.717, 1.165) is 12.8 Å². The minimum Gasteiger partial charge on any atom is -0.396 e. The zero-order chi connectivity index (χ0) is 13.5. The molecule has 7 heteroatoms. The Balaban J connectivity index is 1.80. The molecule has 0 spiro atoms. The van der Waals surface area contributed by atoms with Crippen LogP contribution in [0.3, 0.4) is 0 Å². The molecule has 0 aromatic carbocycles. The molecule has 2 heterocycles. The summed E-state index contributed by atoms with van der Waals surface area (Å²) in [6.07, 6.45) is 4.37. The number of nitrogen functional groups attached to an aromatic ring is 1. The van der Waals surface area contributed by atoms with E-state index < -0.39 is 10.0 Å². The number of sulfonamides is 1. The Morgan fingerprint density at radius 1 is 1.37 bits per heavy atom. The Morgan fingerprint density at radius 2 is 2.16 bits per heavy atom. The summed E-state index contributed by atoms with van der Waals surface area (Å²) in [5.41, 5.74) is 5.84. The largest absolute Gasteiger partial charge is 0.396 e. The Bertz CT molecular complexity index is 571. The van der Waals surface area contributed by atoms with Crippen LogP contribution < -0.4 is 10.5 Å². The van der Waals surface area contributed by atoms with Crippen molar-refractivity contribution in [3.8, 4) is 0 Å². The molecule has 2 aliphatic rings. The summed E-state index contributed by atoms with van der Waals surface area (Å²) in [4.78, 5) is 3.86. The molecule has 1 aromatic rings. The van der Waals surface area contributed by atoms with Crippen LogP contribution in [0.1, 0.15) is 19.3 Å². The minimum atomic E-state index is -3.68. The Morgan fingerprint density at radius 3 is 2.84 bits per heavy atom. The third-order valence-electron chi connectivity index (χ3n) is 3.58. The topological polar surface area (TPSA) is 94.3 Å². The van der Waals surface area contributed by atoms with Gasteiger partial charge in [-0.2, -0.15) is 0 Å². The lowest BCUT2D eigenvalue weighted by atomic mass is 10.1. The molecule has 1 aliphatic carbocycles. The van der Waals surface area contributed by atoms with Crippen molar-refractivity contribution in [1.29, 1.82) is 0 Å².